The van der Waals surface area contributed by atoms with Crippen molar-refractivity contribution in [3.8, 4) is 0 Å². The molecule has 0 heterocycles. The molecule has 0 amide bonds. The van der Waals surface area contributed by atoms with Crippen molar-refractivity contribution >= 4 is 11.0 Å². The molecule has 0 saturated heterocycles. The van der Waals surface area contributed by atoms with E-state index in [-0.39, 0.29) is 51.4 Å². The van der Waals surface area contributed by atoms with Crippen LogP contribution in [0.3, 0.4) is 0 Å². The molecule has 7 aliphatic rings. The summed E-state index contributed by atoms with van der Waals surface area (Å²) in [5.41, 5.74) is 0. The van der Waals surface area contributed by atoms with Crippen LogP contribution in [0, 0.1) is 47.3 Å². The van der Waals surface area contributed by atoms with Gasteiger partial charge >= 0.3 is 51.4 Å². The van der Waals surface area contributed by atoms with Gasteiger partial charge in [0.25, 0.3) is 0 Å². The third-order valence-corrected chi connectivity index (χ3v) is 6.93. The summed E-state index contributed by atoms with van der Waals surface area (Å²) in [5, 5.41) is 0. The molecule has 7 saturated carbocycles. The maximum absolute atomic E-state index is 8.56. The summed E-state index contributed by atoms with van der Waals surface area (Å²) in [6.07, 6.45) is 9.93. The van der Waals surface area contributed by atoms with E-state index in [1.807, 2.05) is 0 Å². The standard InChI is InChI=1S/C14H20.K.HO3S/c1-7-2-12-10-4-8-5-11(9(1)10)13(3-7)14(12)6-8;;1-4(2)3/h7-14H,1-6H2;;(H,1,2,3)/q;+1;-1. The summed E-state index contributed by atoms with van der Waals surface area (Å²) in [7, 11) is -2.86. The zero-order valence-corrected chi connectivity index (χ0v) is 15.5. The van der Waals surface area contributed by atoms with Crippen LogP contribution in [-0.4, -0.2) is 4.55 Å². The van der Waals surface area contributed by atoms with Gasteiger partial charge in [-0.25, -0.2) is 0 Å². The molecule has 0 unspecified atom stereocenters. The summed E-state index contributed by atoms with van der Waals surface area (Å²) in [6, 6.07) is 0. The molecule has 0 aliphatic heterocycles. The summed E-state index contributed by atoms with van der Waals surface area (Å²) >= 11 is 0. The molecule has 102 valence electrons. The molecule has 3 nitrogen and oxygen atoms in total. The van der Waals surface area contributed by atoms with E-state index in [1.54, 1.807) is 38.5 Å². The predicted octanol–water partition coefficient (Wildman–Crippen LogP) is 0.0973. The van der Waals surface area contributed by atoms with Gasteiger partial charge in [0.1, 0.15) is 0 Å². The Morgan fingerprint density at radius 3 is 0.947 bits per heavy atom. The van der Waals surface area contributed by atoms with Crippen LogP contribution in [-0.2, 0) is 19.4 Å². The minimum atomic E-state index is -2.86. The van der Waals surface area contributed by atoms with E-state index < -0.39 is 11.0 Å². The molecule has 0 spiro atoms. The molecule has 0 aromatic carbocycles. The van der Waals surface area contributed by atoms with E-state index >= 15 is 0 Å². The molecule has 0 radical (unpaired) electrons. The molecule has 8 bridgehead atoms. The largest absolute Gasteiger partial charge is 1.00 e. The first-order chi connectivity index (χ1) is 8.63. The molecule has 0 aromatic rings. The van der Waals surface area contributed by atoms with Crippen LogP contribution in [0.1, 0.15) is 38.5 Å². The van der Waals surface area contributed by atoms with Crippen LogP contribution in [0.2, 0.25) is 0 Å². The van der Waals surface area contributed by atoms with E-state index in [1.165, 1.54) is 47.3 Å². The SMILES string of the molecule is C1C2CC3C4CC5CC(C14)C(C2)C3C5.O=[S-](=O)O.[K+]. The van der Waals surface area contributed by atoms with E-state index in [4.69, 9.17) is 13.0 Å². The Morgan fingerprint density at radius 1 is 0.632 bits per heavy atom. The fourth-order valence-corrected chi connectivity index (χ4v) is 6.89. The van der Waals surface area contributed by atoms with E-state index in [9.17, 15) is 0 Å². The van der Waals surface area contributed by atoms with Crippen molar-refractivity contribution in [1.29, 1.82) is 0 Å². The van der Waals surface area contributed by atoms with Crippen molar-refractivity contribution < 1.29 is 64.4 Å². The minimum Gasteiger partial charge on any atom is -0.439 e. The van der Waals surface area contributed by atoms with Crippen LogP contribution < -0.4 is 51.4 Å². The van der Waals surface area contributed by atoms with Gasteiger partial charge in [-0.05, 0) is 85.9 Å². The van der Waals surface area contributed by atoms with Gasteiger partial charge in [-0.2, -0.15) is 0 Å². The zero-order chi connectivity index (χ0) is 12.4. The Morgan fingerprint density at radius 2 is 0.789 bits per heavy atom. The predicted molar refractivity (Wildman–Crippen MR) is 67.0 cm³/mol. The summed E-state index contributed by atoms with van der Waals surface area (Å²) in [5.74, 6) is 9.74. The maximum Gasteiger partial charge on any atom is 1.00 e. The Bertz CT molecular complexity index is 341. The Kier molecular flexibility index (Phi) is 4.58. The van der Waals surface area contributed by atoms with Gasteiger partial charge in [-0.15, -0.1) is 0 Å². The van der Waals surface area contributed by atoms with Gasteiger partial charge in [0.05, 0.1) is 0 Å². The molecular formula is C14H21KO3S. The molecule has 19 heavy (non-hydrogen) atoms. The van der Waals surface area contributed by atoms with Crippen molar-refractivity contribution in [3.63, 3.8) is 0 Å². The number of rotatable bonds is 0. The number of hydrogen-bond acceptors (Lipinski definition) is 3. The summed E-state index contributed by atoms with van der Waals surface area (Å²) in [6.45, 7) is 0. The van der Waals surface area contributed by atoms with Crippen molar-refractivity contribution in [2.75, 3.05) is 0 Å². The third-order valence-electron chi connectivity index (χ3n) is 6.93. The van der Waals surface area contributed by atoms with Gasteiger partial charge < -0.3 is 13.0 Å². The Labute approximate surface area is 159 Å². The van der Waals surface area contributed by atoms with Gasteiger partial charge in [-0.1, -0.05) is 0 Å². The molecule has 5 heteroatoms. The third kappa shape index (κ3) is 2.45. The van der Waals surface area contributed by atoms with Crippen LogP contribution in [0.15, 0.2) is 0 Å². The summed E-state index contributed by atoms with van der Waals surface area (Å²) < 4.78 is 24.1. The average molecular weight is 308 g/mol. The minimum absolute atomic E-state index is 0. The maximum atomic E-state index is 8.56. The van der Waals surface area contributed by atoms with Crippen LogP contribution >= 0.6 is 0 Å². The van der Waals surface area contributed by atoms with Gasteiger partial charge in [-0.3, -0.25) is 0 Å². The van der Waals surface area contributed by atoms with Gasteiger partial charge in [0.2, 0.25) is 0 Å². The molecule has 0 atom stereocenters. The molecular weight excluding hydrogens is 287 g/mol. The quantitative estimate of drug-likeness (QED) is 0.299. The van der Waals surface area contributed by atoms with E-state index in [0.29, 0.717) is 0 Å². The van der Waals surface area contributed by atoms with Crippen LogP contribution in [0.5, 0.6) is 0 Å². The smallest absolute Gasteiger partial charge is 0.439 e. The normalized spacial score (nSPS) is 54.8. The summed E-state index contributed by atoms with van der Waals surface area (Å²) in [4.78, 5) is 0. The fourth-order valence-electron chi connectivity index (χ4n) is 6.89. The first-order valence-corrected chi connectivity index (χ1v) is 8.45. The van der Waals surface area contributed by atoms with E-state index in [2.05, 4.69) is 0 Å². The van der Waals surface area contributed by atoms with Gasteiger partial charge in [0.15, 0.2) is 0 Å². The molecule has 7 rings (SSSR count). The molecule has 7 fully saturated rings. The monoisotopic (exact) mass is 308 g/mol. The Hall–Kier alpha value is 1.55. The second-order valence-electron chi connectivity index (χ2n) is 7.35. The van der Waals surface area contributed by atoms with Crippen LogP contribution in [0.25, 0.3) is 0 Å². The molecule has 1 N–H and O–H groups in total. The second kappa shape index (κ2) is 5.63. The van der Waals surface area contributed by atoms with Crippen molar-refractivity contribution in [2.45, 2.75) is 38.5 Å². The van der Waals surface area contributed by atoms with Crippen molar-refractivity contribution in [1.82, 2.24) is 0 Å². The van der Waals surface area contributed by atoms with E-state index in [0.717, 1.165) is 0 Å². The Balaban J connectivity index is 0.000000199. The van der Waals surface area contributed by atoms with Crippen molar-refractivity contribution in [3.05, 3.63) is 0 Å². The topological polar surface area (TPSA) is 54.4 Å². The molecule has 0 aromatic heterocycles. The average Bonchev–Trinajstić information content (AvgIpc) is 2.34. The van der Waals surface area contributed by atoms with Crippen molar-refractivity contribution in [2.24, 2.45) is 47.3 Å². The fraction of sp³-hybridized carbons (Fsp3) is 1.00. The zero-order valence-electron chi connectivity index (χ0n) is 11.5. The van der Waals surface area contributed by atoms with Gasteiger partial charge in [0, 0.05) is 11.0 Å². The first kappa shape index (κ1) is 15.4. The van der Waals surface area contributed by atoms with Crippen LogP contribution in [0.4, 0.5) is 0 Å². The number of hydrogen-bond donors (Lipinski definition) is 1. The second-order valence-corrected chi connectivity index (χ2v) is 7.78. The first-order valence-electron chi connectivity index (χ1n) is 7.41. The molecule has 7 aliphatic carbocycles.